The van der Waals surface area contributed by atoms with Gasteiger partial charge in [0.25, 0.3) is 0 Å². The molecule has 0 aliphatic rings. The molecular weight excluding hydrogens is 303 g/mol. The zero-order chi connectivity index (χ0) is 16.8. The van der Waals surface area contributed by atoms with Gasteiger partial charge in [-0.1, -0.05) is 60.7 Å². The van der Waals surface area contributed by atoms with Crippen LogP contribution in [0.3, 0.4) is 0 Å². The second-order valence-corrected chi connectivity index (χ2v) is 5.15. The molecule has 0 aliphatic carbocycles. The summed E-state index contributed by atoms with van der Waals surface area (Å²) in [5.74, 6) is 0.0481. The Morgan fingerprint density at radius 3 is 2.00 bits per heavy atom. The Labute approximate surface area is 140 Å². The van der Waals surface area contributed by atoms with Crippen LogP contribution in [0, 0.1) is 5.82 Å². The number of anilines is 1. The van der Waals surface area contributed by atoms with E-state index in [0.29, 0.717) is 11.4 Å². The summed E-state index contributed by atoms with van der Waals surface area (Å²) in [7, 11) is 1.50. The van der Waals surface area contributed by atoms with E-state index >= 15 is 0 Å². The van der Waals surface area contributed by atoms with Gasteiger partial charge in [-0.2, -0.15) is 5.10 Å². The van der Waals surface area contributed by atoms with Gasteiger partial charge in [0.15, 0.2) is 0 Å². The number of halogens is 1. The molecule has 1 N–H and O–H groups in total. The summed E-state index contributed by atoms with van der Waals surface area (Å²) in [6, 6.07) is 24.1. The summed E-state index contributed by atoms with van der Waals surface area (Å²) < 4.78 is 18.5. The first-order valence-corrected chi connectivity index (χ1v) is 7.56. The van der Waals surface area contributed by atoms with E-state index in [1.54, 1.807) is 6.07 Å². The van der Waals surface area contributed by atoms with Gasteiger partial charge < -0.3 is 4.74 Å². The van der Waals surface area contributed by atoms with E-state index in [-0.39, 0.29) is 5.82 Å². The summed E-state index contributed by atoms with van der Waals surface area (Å²) in [5, 5.41) is 4.54. The Morgan fingerprint density at radius 2 is 1.46 bits per heavy atom. The third kappa shape index (κ3) is 3.60. The Bertz CT molecular complexity index is 791. The molecule has 0 heterocycles. The number of hydrazone groups is 1. The highest BCUT2D eigenvalue weighted by atomic mass is 19.1. The second kappa shape index (κ2) is 7.42. The largest absolute Gasteiger partial charge is 0.494 e. The highest BCUT2D eigenvalue weighted by Gasteiger charge is 2.08. The smallest absolute Gasteiger partial charge is 0.146 e. The van der Waals surface area contributed by atoms with E-state index in [1.807, 2.05) is 60.7 Å². The first-order valence-electron chi connectivity index (χ1n) is 7.56. The van der Waals surface area contributed by atoms with Gasteiger partial charge >= 0.3 is 0 Å². The number of hydrogen-bond donors (Lipinski definition) is 1. The molecule has 0 unspecified atom stereocenters. The van der Waals surface area contributed by atoms with Gasteiger partial charge in [-0.05, 0) is 12.1 Å². The van der Waals surface area contributed by atoms with Crippen molar-refractivity contribution >= 4 is 11.4 Å². The second-order valence-electron chi connectivity index (χ2n) is 5.15. The molecule has 3 aromatic carbocycles. The fourth-order valence-corrected chi connectivity index (χ4v) is 2.36. The van der Waals surface area contributed by atoms with E-state index < -0.39 is 0 Å². The summed E-state index contributed by atoms with van der Waals surface area (Å²) >= 11 is 0. The lowest BCUT2D eigenvalue weighted by Crippen LogP contribution is -2.07. The van der Waals surface area contributed by atoms with Gasteiger partial charge in [0.05, 0.1) is 18.5 Å². The van der Waals surface area contributed by atoms with E-state index in [4.69, 9.17) is 4.74 Å². The van der Waals surface area contributed by atoms with Crippen LogP contribution in [0.1, 0.15) is 11.1 Å². The maximum atomic E-state index is 13.3. The maximum absolute atomic E-state index is 13.3. The van der Waals surface area contributed by atoms with Crippen molar-refractivity contribution in [1.29, 1.82) is 0 Å². The summed E-state index contributed by atoms with van der Waals surface area (Å²) in [6.45, 7) is 0. The quantitative estimate of drug-likeness (QED) is 0.546. The number of nitrogens with zero attached hydrogens (tertiary/aromatic N) is 1. The van der Waals surface area contributed by atoms with Crippen molar-refractivity contribution in [1.82, 2.24) is 0 Å². The molecular formula is C20H17FN2O. The molecule has 4 heteroatoms. The normalized spacial score (nSPS) is 10.1. The van der Waals surface area contributed by atoms with Crippen molar-refractivity contribution in [3.8, 4) is 5.75 Å². The number of rotatable bonds is 5. The predicted octanol–water partition coefficient (Wildman–Crippen LogP) is 4.70. The minimum atomic E-state index is -0.354. The molecule has 24 heavy (non-hydrogen) atoms. The molecule has 0 fully saturated rings. The molecule has 3 rings (SSSR count). The molecule has 3 nitrogen and oxygen atoms in total. The predicted molar refractivity (Wildman–Crippen MR) is 95.1 cm³/mol. The number of nitrogens with one attached hydrogen (secondary N) is 1. The number of ether oxygens (including phenoxy) is 1. The molecule has 0 radical (unpaired) electrons. The monoisotopic (exact) mass is 320 g/mol. The lowest BCUT2D eigenvalue weighted by Gasteiger charge is -2.11. The van der Waals surface area contributed by atoms with Gasteiger partial charge in [0, 0.05) is 17.2 Å². The van der Waals surface area contributed by atoms with Crippen molar-refractivity contribution in [2.24, 2.45) is 5.10 Å². The van der Waals surface area contributed by atoms with Crippen LogP contribution in [0.25, 0.3) is 0 Å². The first kappa shape index (κ1) is 15.7. The lowest BCUT2D eigenvalue weighted by molar-refractivity contribution is 0.413. The van der Waals surface area contributed by atoms with E-state index in [2.05, 4.69) is 10.5 Å². The van der Waals surface area contributed by atoms with Crippen LogP contribution in [0.4, 0.5) is 10.1 Å². The molecule has 0 spiro atoms. The van der Waals surface area contributed by atoms with E-state index in [0.717, 1.165) is 16.8 Å². The first-order chi connectivity index (χ1) is 11.8. The minimum Gasteiger partial charge on any atom is -0.494 e. The zero-order valence-corrected chi connectivity index (χ0v) is 13.2. The standard InChI is InChI=1S/C20H17FN2O/c1-24-19-14-17(21)12-13-18(19)22-23-20(15-8-4-2-5-9-15)16-10-6-3-7-11-16/h2-14,22H,1H3. The van der Waals surface area contributed by atoms with Gasteiger partial charge in [0.1, 0.15) is 11.6 Å². The zero-order valence-electron chi connectivity index (χ0n) is 13.2. The van der Waals surface area contributed by atoms with Crippen LogP contribution in [-0.2, 0) is 0 Å². The number of benzene rings is 3. The maximum Gasteiger partial charge on any atom is 0.146 e. The van der Waals surface area contributed by atoms with Gasteiger partial charge in [-0.3, -0.25) is 5.43 Å². The summed E-state index contributed by atoms with van der Waals surface area (Å²) in [6.07, 6.45) is 0. The third-order valence-electron chi connectivity index (χ3n) is 3.55. The topological polar surface area (TPSA) is 33.6 Å². The van der Waals surface area contributed by atoms with Crippen LogP contribution >= 0.6 is 0 Å². The molecule has 0 saturated carbocycles. The summed E-state index contributed by atoms with van der Waals surface area (Å²) in [5.41, 5.74) is 6.35. The number of hydrogen-bond acceptors (Lipinski definition) is 3. The van der Waals surface area contributed by atoms with Crippen LogP contribution in [0.15, 0.2) is 84.0 Å². The average Bonchev–Trinajstić information content (AvgIpc) is 2.64. The minimum absolute atomic E-state index is 0.354. The van der Waals surface area contributed by atoms with Crippen molar-refractivity contribution in [2.75, 3.05) is 12.5 Å². The van der Waals surface area contributed by atoms with Gasteiger partial charge in [-0.25, -0.2) is 4.39 Å². The molecule has 0 saturated heterocycles. The Hall–Kier alpha value is -3.14. The van der Waals surface area contributed by atoms with Gasteiger partial charge in [-0.15, -0.1) is 0 Å². The number of methoxy groups -OCH3 is 1. The van der Waals surface area contributed by atoms with Crippen molar-refractivity contribution < 1.29 is 9.13 Å². The van der Waals surface area contributed by atoms with Crippen molar-refractivity contribution in [3.05, 3.63) is 95.8 Å². The van der Waals surface area contributed by atoms with E-state index in [9.17, 15) is 4.39 Å². The highest BCUT2D eigenvalue weighted by molar-refractivity contribution is 6.13. The molecule has 0 atom stereocenters. The van der Waals surface area contributed by atoms with Crippen LogP contribution in [0.5, 0.6) is 5.75 Å². The Balaban J connectivity index is 1.99. The Kier molecular flexibility index (Phi) is 4.87. The average molecular weight is 320 g/mol. The van der Waals surface area contributed by atoms with Crippen LogP contribution in [-0.4, -0.2) is 12.8 Å². The molecule has 0 aromatic heterocycles. The Morgan fingerprint density at radius 1 is 0.875 bits per heavy atom. The molecule has 0 amide bonds. The summed E-state index contributed by atoms with van der Waals surface area (Å²) in [4.78, 5) is 0. The molecule has 0 bridgehead atoms. The molecule has 0 aliphatic heterocycles. The van der Waals surface area contributed by atoms with Crippen molar-refractivity contribution in [3.63, 3.8) is 0 Å². The fourth-order valence-electron chi connectivity index (χ4n) is 2.36. The van der Waals surface area contributed by atoms with Crippen molar-refractivity contribution in [2.45, 2.75) is 0 Å². The molecule has 3 aromatic rings. The fraction of sp³-hybridized carbons (Fsp3) is 0.0500. The SMILES string of the molecule is COc1cc(F)ccc1NN=C(c1ccccc1)c1ccccc1. The van der Waals surface area contributed by atoms with Gasteiger partial charge in [0.2, 0.25) is 0 Å². The van der Waals surface area contributed by atoms with Crippen LogP contribution < -0.4 is 10.2 Å². The third-order valence-corrected chi connectivity index (χ3v) is 3.55. The lowest BCUT2D eigenvalue weighted by atomic mass is 10.0. The van der Waals surface area contributed by atoms with Crippen LogP contribution in [0.2, 0.25) is 0 Å². The highest BCUT2D eigenvalue weighted by Crippen LogP contribution is 2.25. The van der Waals surface area contributed by atoms with E-state index in [1.165, 1.54) is 19.2 Å². The molecule has 120 valence electrons.